The Morgan fingerprint density at radius 3 is 1.09 bits per heavy atom. The Morgan fingerprint density at radius 1 is 0.434 bits per heavy atom. The number of aliphatic hydroxyl groups is 2. The number of aliphatic hydroxyl groups excluding tert-OH is 2. The molecule has 0 fully saturated rings. The van der Waals surface area contributed by atoms with Gasteiger partial charge in [0.15, 0.2) is 0 Å². The van der Waals surface area contributed by atoms with Gasteiger partial charge in [0.1, 0.15) is 0 Å². The SMILES string of the molecule is CCCCCCCCCCCCCCCCCCCCCCC/C=C/CC/C=C/CC/C=C/C(O)C(CO)NC(=O)CCCCCCCCCCCC. The lowest BCUT2D eigenvalue weighted by molar-refractivity contribution is -0.123. The van der Waals surface area contributed by atoms with Gasteiger partial charge in [-0.1, -0.05) is 237 Å². The predicted octanol–water partition coefficient (Wildman–Crippen LogP) is 15.0. The minimum absolute atomic E-state index is 0.0797. The summed E-state index contributed by atoms with van der Waals surface area (Å²) in [6.45, 7) is 4.29. The van der Waals surface area contributed by atoms with Gasteiger partial charge in [-0.2, -0.15) is 0 Å². The standard InChI is InChI=1S/C49H93NO3/c1-3-5-7-9-11-13-15-16-17-18-19-20-21-22-23-24-25-26-27-28-29-30-31-32-33-34-35-36-38-40-42-44-48(52)47(46-51)50-49(53)45-43-41-39-37-14-12-10-8-6-4-2/h31-32,35-36,42,44,47-48,51-52H,3-30,33-34,37-41,43,45-46H2,1-2H3,(H,50,53)/b32-31+,36-35+,44-42+. The van der Waals surface area contributed by atoms with Crippen LogP contribution in [0.1, 0.15) is 251 Å². The largest absolute Gasteiger partial charge is 0.394 e. The molecule has 0 aromatic rings. The first-order valence-corrected chi connectivity index (χ1v) is 23.7. The topological polar surface area (TPSA) is 69.6 Å². The second kappa shape index (κ2) is 45.0. The normalized spacial score (nSPS) is 13.2. The first-order valence-electron chi connectivity index (χ1n) is 23.7. The Kier molecular flexibility index (Phi) is 43.8. The summed E-state index contributed by atoms with van der Waals surface area (Å²) in [5, 5.41) is 22.9. The molecule has 0 rings (SSSR count). The van der Waals surface area contributed by atoms with Crippen molar-refractivity contribution in [2.45, 2.75) is 264 Å². The van der Waals surface area contributed by atoms with Gasteiger partial charge in [0.25, 0.3) is 0 Å². The van der Waals surface area contributed by atoms with Crippen LogP contribution in [-0.4, -0.2) is 34.9 Å². The number of amides is 1. The number of rotatable bonds is 43. The van der Waals surface area contributed by atoms with Crippen molar-refractivity contribution in [3.8, 4) is 0 Å². The van der Waals surface area contributed by atoms with Crippen molar-refractivity contribution in [2.24, 2.45) is 0 Å². The van der Waals surface area contributed by atoms with Crippen LogP contribution in [-0.2, 0) is 4.79 Å². The molecular formula is C49H93NO3. The van der Waals surface area contributed by atoms with Gasteiger partial charge in [0.05, 0.1) is 18.8 Å². The molecule has 0 aliphatic rings. The Labute approximate surface area is 331 Å². The molecule has 0 aliphatic heterocycles. The molecule has 0 aromatic carbocycles. The average molecular weight is 744 g/mol. The van der Waals surface area contributed by atoms with Gasteiger partial charge in [-0.3, -0.25) is 4.79 Å². The minimum atomic E-state index is -0.866. The van der Waals surface area contributed by atoms with E-state index in [1.54, 1.807) is 6.08 Å². The second-order valence-corrected chi connectivity index (χ2v) is 16.2. The van der Waals surface area contributed by atoms with Crippen LogP contribution in [0.4, 0.5) is 0 Å². The first kappa shape index (κ1) is 51.6. The number of nitrogens with one attached hydrogen (secondary N) is 1. The lowest BCUT2D eigenvalue weighted by Crippen LogP contribution is -2.45. The number of hydrogen-bond acceptors (Lipinski definition) is 3. The minimum Gasteiger partial charge on any atom is -0.394 e. The smallest absolute Gasteiger partial charge is 0.220 e. The molecule has 0 saturated carbocycles. The van der Waals surface area contributed by atoms with E-state index >= 15 is 0 Å². The summed E-state index contributed by atoms with van der Waals surface area (Å²) >= 11 is 0. The molecule has 2 atom stereocenters. The van der Waals surface area contributed by atoms with Crippen LogP contribution in [0.3, 0.4) is 0 Å². The van der Waals surface area contributed by atoms with Gasteiger partial charge in [-0.25, -0.2) is 0 Å². The molecule has 2 unspecified atom stereocenters. The number of hydrogen-bond donors (Lipinski definition) is 3. The highest BCUT2D eigenvalue weighted by Crippen LogP contribution is 2.16. The van der Waals surface area contributed by atoms with E-state index in [2.05, 4.69) is 43.5 Å². The molecule has 1 amide bonds. The molecular weight excluding hydrogens is 651 g/mol. The molecule has 4 heteroatoms. The lowest BCUT2D eigenvalue weighted by atomic mass is 10.0. The Bertz CT molecular complexity index is 806. The molecule has 0 aromatic heterocycles. The summed E-state index contributed by atoms with van der Waals surface area (Å²) in [4.78, 5) is 12.3. The maximum absolute atomic E-state index is 12.3. The maximum Gasteiger partial charge on any atom is 0.220 e. The van der Waals surface area contributed by atoms with E-state index in [-0.39, 0.29) is 12.5 Å². The summed E-state index contributed by atoms with van der Waals surface area (Å²) in [6.07, 6.45) is 60.1. The monoisotopic (exact) mass is 744 g/mol. The van der Waals surface area contributed by atoms with Crippen molar-refractivity contribution in [3.63, 3.8) is 0 Å². The quantitative estimate of drug-likeness (QED) is 0.0430. The summed E-state index contributed by atoms with van der Waals surface area (Å²) < 4.78 is 0. The molecule has 53 heavy (non-hydrogen) atoms. The van der Waals surface area contributed by atoms with Crippen molar-refractivity contribution in [1.82, 2.24) is 5.32 Å². The summed E-state index contributed by atoms with van der Waals surface area (Å²) in [6, 6.07) is -0.641. The summed E-state index contributed by atoms with van der Waals surface area (Å²) in [7, 11) is 0. The zero-order valence-electron chi connectivity index (χ0n) is 35.8. The lowest BCUT2D eigenvalue weighted by Gasteiger charge is -2.19. The third-order valence-corrected chi connectivity index (χ3v) is 10.9. The predicted molar refractivity (Wildman–Crippen MR) is 235 cm³/mol. The molecule has 0 spiro atoms. The van der Waals surface area contributed by atoms with Crippen LogP contribution in [0.15, 0.2) is 36.5 Å². The van der Waals surface area contributed by atoms with Crippen molar-refractivity contribution in [3.05, 3.63) is 36.5 Å². The first-order chi connectivity index (χ1) is 26.2. The molecule has 0 bridgehead atoms. The fourth-order valence-corrected chi connectivity index (χ4v) is 7.21. The van der Waals surface area contributed by atoms with Gasteiger partial charge in [0.2, 0.25) is 5.91 Å². The fraction of sp³-hybridized carbons (Fsp3) is 0.857. The highest BCUT2D eigenvalue weighted by Gasteiger charge is 2.17. The van der Waals surface area contributed by atoms with E-state index in [1.807, 2.05) is 6.08 Å². The maximum atomic E-state index is 12.3. The fourth-order valence-electron chi connectivity index (χ4n) is 7.21. The zero-order valence-corrected chi connectivity index (χ0v) is 35.8. The van der Waals surface area contributed by atoms with Crippen molar-refractivity contribution in [2.75, 3.05) is 6.61 Å². The number of carbonyl (C=O) groups excluding carboxylic acids is 1. The molecule has 0 aliphatic carbocycles. The molecule has 4 nitrogen and oxygen atoms in total. The van der Waals surface area contributed by atoms with E-state index in [0.717, 1.165) is 38.5 Å². The van der Waals surface area contributed by atoms with E-state index in [1.165, 1.54) is 193 Å². The Balaban J connectivity index is 3.52. The van der Waals surface area contributed by atoms with Crippen LogP contribution >= 0.6 is 0 Å². The van der Waals surface area contributed by atoms with Crippen LogP contribution in [0.25, 0.3) is 0 Å². The molecule has 3 N–H and O–H groups in total. The van der Waals surface area contributed by atoms with Crippen molar-refractivity contribution < 1.29 is 15.0 Å². The third kappa shape index (κ3) is 41.6. The highest BCUT2D eigenvalue weighted by atomic mass is 16.3. The highest BCUT2D eigenvalue weighted by molar-refractivity contribution is 5.76. The van der Waals surface area contributed by atoms with E-state index in [0.29, 0.717) is 6.42 Å². The summed E-state index contributed by atoms with van der Waals surface area (Å²) in [5.41, 5.74) is 0. The Morgan fingerprint density at radius 2 is 0.736 bits per heavy atom. The van der Waals surface area contributed by atoms with Crippen LogP contribution in [0.5, 0.6) is 0 Å². The van der Waals surface area contributed by atoms with E-state index < -0.39 is 12.1 Å². The average Bonchev–Trinajstić information content (AvgIpc) is 3.16. The second-order valence-electron chi connectivity index (χ2n) is 16.2. The summed E-state index contributed by atoms with van der Waals surface area (Å²) in [5.74, 6) is -0.0797. The number of carbonyl (C=O) groups is 1. The molecule has 0 radical (unpaired) electrons. The van der Waals surface area contributed by atoms with Crippen LogP contribution in [0, 0.1) is 0 Å². The van der Waals surface area contributed by atoms with Gasteiger partial charge in [0, 0.05) is 6.42 Å². The molecule has 0 saturated heterocycles. The molecule has 312 valence electrons. The Hall–Kier alpha value is -1.39. The van der Waals surface area contributed by atoms with Gasteiger partial charge in [-0.15, -0.1) is 0 Å². The van der Waals surface area contributed by atoms with Gasteiger partial charge >= 0.3 is 0 Å². The van der Waals surface area contributed by atoms with Crippen LogP contribution in [0.2, 0.25) is 0 Å². The number of allylic oxidation sites excluding steroid dienone is 5. The zero-order chi connectivity index (χ0) is 38.6. The van der Waals surface area contributed by atoms with Gasteiger partial charge < -0.3 is 15.5 Å². The van der Waals surface area contributed by atoms with Crippen LogP contribution < -0.4 is 5.32 Å². The van der Waals surface area contributed by atoms with Crippen molar-refractivity contribution in [1.29, 1.82) is 0 Å². The van der Waals surface area contributed by atoms with E-state index in [4.69, 9.17) is 0 Å². The molecule has 0 heterocycles. The van der Waals surface area contributed by atoms with Crippen molar-refractivity contribution >= 4 is 5.91 Å². The van der Waals surface area contributed by atoms with E-state index in [9.17, 15) is 15.0 Å². The number of unbranched alkanes of at least 4 members (excludes halogenated alkanes) is 32. The van der Waals surface area contributed by atoms with Gasteiger partial charge in [-0.05, 0) is 44.9 Å². The third-order valence-electron chi connectivity index (χ3n) is 10.9.